The van der Waals surface area contributed by atoms with Crippen molar-refractivity contribution in [2.24, 2.45) is 0 Å². The Morgan fingerprint density at radius 3 is 1.19 bits per heavy atom. The van der Waals surface area contributed by atoms with E-state index in [0.29, 0.717) is 0 Å². The van der Waals surface area contributed by atoms with E-state index in [0.717, 1.165) is 49.4 Å². The standard InChI is InChI=1S/C88H86O18S/c89-83(90)69-48-28-29-49-70(69)84(91)99-58-73-76(79(95-53-63-36-16-4-17-37-63)82(98-56-66-42-22-7-23-43-66)88(103-73)107-68-46-26-9-27-47-68)106-86-80(96-54-64-38-18-5-19-39-64)77(93-51-61-32-12-2-13-33-61)74(71(101-86)57-92-50-60-30-10-1-11-31-60)105-87-81(97-55-65-40-20-6-21-41-65)78(94-52-62-34-14-3-15-35-62)75-72(102-87)59-100-85(104-75)67-44-24-8-25-45-67/h1-49,71-82,85-88H,50-59H2,(H,89,90)/t71-,72-,73-,74-,75-,76-,77+,78+,79+,80-,81-,82-,85-,86-,87-,88+/m1/s1. The predicted molar refractivity (Wildman–Crippen MR) is 398 cm³/mol. The molecule has 552 valence electrons. The highest BCUT2D eigenvalue weighted by molar-refractivity contribution is 7.99. The maximum Gasteiger partial charge on any atom is 0.339 e. The number of hydrogen-bond donors (Lipinski definition) is 1. The first-order chi connectivity index (χ1) is 52.8. The Labute approximate surface area is 627 Å². The lowest BCUT2D eigenvalue weighted by Crippen LogP contribution is -2.68. The molecule has 4 aliphatic rings. The molecule has 14 rings (SSSR count). The minimum Gasteiger partial charge on any atom is -0.478 e. The average molecular weight is 1460 g/mol. The van der Waals surface area contributed by atoms with Crippen molar-refractivity contribution in [2.75, 3.05) is 19.8 Å². The van der Waals surface area contributed by atoms with Gasteiger partial charge in [-0.05, 0) is 63.2 Å². The highest BCUT2D eigenvalue weighted by Crippen LogP contribution is 2.43. The van der Waals surface area contributed by atoms with Gasteiger partial charge >= 0.3 is 11.9 Å². The molecule has 4 aliphatic heterocycles. The summed E-state index contributed by atoms with van der Waals surface area (Å²) in [6.45, 7) is 0.292. The van der Waals surface area contributed by atoms with Crippen molar-refractivity contribution in [3.8, 4) is 0 Å². The molecule has 0 amide bonds. The molecular weight excluding hydrogens is 1380 g/mol. The van der Waals surface area contributed by atoms with Crippen LogP contribution in [0, 0.1) is 0 Å². The third-order valence-corrected chi connectivity index (χ3v) is 20.1. The van der Waals surface area contributed by atoms with Gasteiger partial charge in [0.1, 0.15) is 85.3 Å². The van der Waals surface area contributed by atoms with E-state index in [2.05, 4.69) is 0 Å². The molecule has 0 spiro atoms. The molecule has 10 aromatic rings. The minimum absolute atomic E-state index is 0.0265. The number of fused-ring (bicyclic) bond motifs is 1. The van der Waals surface area contributed by atoms with Crippen LogP contribution < -0.4 is 0 Å². The zero-order valence-corrected chi connectivity index (χ0v) is 59.7. The highest BCUT2D eigenvalue weighted by Gasteiger charge is 2.58. The molecule has 4 saturated heterocycles. The summed E-state index contributed by atoms with van der Waals surface area (Å²) in [7, 11) is 0. The van der Waals surface area contributed by atoms with E-state index < -0.39 is 116 Å². The molecule has 0 aliphatic carbocycles. The van der Waals surface area contributed by atoms with Gasteiger partial charge < -0.3 is 76.2 Å². The molecule has 4 fully saturated rings. The highest BCUT2D eigenvalue weighted by atomic mass is 32.2. The zero-order chi connectivity index (χ0) is 72.8. The lowest BCUT2D eigenvalue weighted by atomic mass is 9.94. The van der Waals surface area contributed by atoms with Gasteiger partial charge in [-0.15, -0.1) is 0 Å². The number of carboxylic acids is 1. The summed E-state index contributed by atoms with van der Waals surface area (Å²) in [4.78, 5) is 28.1. The number of carboxylic acid groups (broad SMARTS) is 1. The van der Waals surface area contributed by atoms with E-state index in [4.69, 9.17) is 71.1 Å². The second-order valence-corrected chi connectivity index (χ2v) is 27.6. The van der Waals surface area contributed by atoms with Crippen LogP contribution in [0.15, 0.2) is 302 Å². The SMILES string of the molecule is O=C(O)c1ccccc1C(=O)OC[C@H]1O[C@@H](Sc2ccccc2)[C@H](OCc2ccccc2)[C@@H](OCc2ccccc2)[C@@H]1O[C@H]1O[C@H](COCc2ccccc2)[C@@H](O[C@H]2O[C@@H]3CO[C@@H](c4ccccc4)O[C@H]3[C@H](OCc3ccccc3)[C@H]2OCc2ccccc2)[C@H](OCc2ccccc2)[C@H]1OCc1ccccc1. The molecule has 4 heterocycles. The van der Waals surface area contributed by atoms with Crippen molar-refractivity contribution in [2.45, 2.75) is 149 Å². The van der Waals surface area contributed by atoms with Gasteiger partial charge in [0.2, 0.25) is 0 Å². The second kappa shape index (κ2) is 38.1. The molecule has 0 aromatic heterocycles. The Morgan fingerprint density at radius 1 is 0.355 bits per heavy atom. The summed E-state index contributed by atoms with van der Waals surface area (Å²) < 4.78 is 108. The van der Waals surface area contributed by atoms with Crippen LogP contribution >= 0.6 is 11.8 Å². The van der Waals surface area contributed by atoms with Gasteiger partial charge in [-0.1, -0.05) is 285 Å². The molecule has 19 heteroatoms. The van der Waals surface area contributed by atoms with Gasteiger partial charge in [0.25, 0.3) is 0 Å². The molecule has 18 nitrogen and oxygen atoms in total. The van der Waals surface area contributed by atoms with E-state index >= 15 is 0 Å². The Kier molecular flexibility index (Phi) is 26.7. The van der Waals surface area contributed by atoms with Crippen molar-refractivity contribution < 1.29 is 85.7 Å². The molecule has 0 bridgehead atoms. The van der Waals surface area contributed by atoms with Gasteiger partial charge in [0.15, 0.2) is 18.9 Å². The normalized spacial score (nSPS) is 25.6. The van der Waals surface area contributed by atoms with Gasteiger partial charge in [0, 0.05) is 10.5 Å². The quantitative estimate of drug-likeness (QED) is 0.0381. The smallest absolute Gasteiger partial charge is 0.339 e. The van der Waals surface area contributed by atoms with Gasteiger partial charge in [-0.25, -0.2) is 9.59 Å². The summed E-state index contributed by atoms with van der Waals surface area (Å²) in [6.07, 6.45) is -15.8. The Bertz CT molecular complexity index is 4280. The van der Waals surface area contributed by atoms with Crippen LogP contribution in [0.25, 0.3) is 0 Å². The van der Waals surface area contributed by atoms with Gasteiger partial charge in [-0.3, -0.25) is 0 Å². The van der Waals surface area contributed by atoms with E-state index in [1.165, 1.54) is 23.9 Å². The van der Waals surface area contributed by atoms with Crippen LogP contribution in [0.2, 0.25) is 0 Å². The maximum absolute atomic E-state index is 14.6. The molecule has 0 radical (unpaired) electrons. The number of carbonyl (C=O) groups excluding carboxylic acids is 1. The van der Waals surface area contributed by atoms with Gasteiger partial charge in [0.05, 0.1) is 70.6 Å². The first-order valence-electron chi connectivity index (χ1n) is 36.2. The van der Waals surface area contributed by atoms with E-state index in [-0.39, 0.29) is 70.6 Å². The number of benzene rings is 10. The van der Waals surface area contributed by atoms with E-state index in [1.54, 1.807) is 12.1 Å². The fraction of sp³-hybridized carbons (Fsp3) is 0.295. The van der Waals surface area contributed by atoms with E-state index in [9.17, 15) is 14.7 Å². The van der Waals surface area contributed by atoms with Crippen LogP contribution in [-0.4, -0.2) is 128 Å². The van der Waals surface area contributed by atoms with Crippen LogP contribution in [0.4, 0.5) is 0 Å². The van der Waals surface area contributed by atoms with Crippen LogP contribution in [-0.2, 0) is 117 Å². The third kappa shape index (κ3) is 20.2. The first-order valence-corrected chi connectivity index (χ1v) is 37.0. The minimum atomic E-state index is -1.43. The summed E-state index contributed by atoms with van der Waals surface area (Å²) >= 11 is 1.41. The third-order valence-electron chi connectivity index (χ3n) is 19.0. The van der Waals surface area contributed by atoms with Crippen molar-refractivity contribution in [1.29, 1.82) is 0 Å². The average Bonchev–Trinajstić information content (AvgIpc) is 0.755. The van der Waals surface area contributed by atoms with Crippen molar-refractivity contribution >= 4 is 23.7 Å². The Morgan fingerprint density at radius 2 is 0.720 bits per heavy atom. The number of hydrogen-bond acceptors (Lipinski definition) is 18. The van der Waals surface area contributed by atoms with Crippen LogP contribution in [0.3, 0.4) is 0 Å². The summed E-state index contributed by atoms with van der Waals surface area (Å²) in [5.41, 5.74) is 5.70. The summed E-state index contributed by atoms with van der Waals surface area (Å²) in [5.74, 6) is -2.20. The lowest BCUT2D eigenvalue weighted by molar-refractivity contribution is -0.402. The molecule has 16 atom stereocenters. The van der Waals surface area contributed by atoms with E-state index in [1.807, 2.05) is 273 Å². The second-order valence-electron chi connectivity index (χ2n) is 26.5. The van der Waals surface area contributed by atoms with Crippen molar-refractivity contribution in [3.05, 3.63) is 353 Å². The first kappa shape index (κ1) is 74.8. The number of ether oxygens (including phenoxy) is 15. The van der Waals surface area contributed by atoms with Crippen LogP contribution in [0.5, 0.6) is 0 Å². The topological polar surface area (TPSA) is 193 Å². The predicted octanol–water partition coefficient (Wildman–Crippen LogP) is 15.1. The number of aromatic carboxylic acids is 1. The fourth-order valence-electron chi connectivity index (χ4n) is 13.6. The zero-order valence-electron chi connectivity index (χ0n) is 58.9. The molecule has 1 N–H and O–H groups in total. The summed E-state index contributed by atoms with van der Waals surface area (Å²) in [6, 6.07) is 94.2. The van der Waals surface area contributed by atoms with Gasteiger partial charge in [-0.2, -0.15) is 0 Å². The molecule has 107 heavy (non-hydrogen) atoms. The maximum atomic E-state index is 14.6. The monoisotopic (exact) mass is 1460 g/mol. The number of rotatable bonds is 33. The Hall–Kier alpha value is -9.07. The summed E-state index contributed by atoms with van der Waals surface area (Å²) in [5, 5.41) is 10.4. The number of thioether (sulfide) groups is 1. The molecular formula is C88H86O18S. The van der Waals surface area contributed by atoms with Crippen LogP contribution in [0.1, 0.15) is 71.5 Å². The van der Waals surface area contributed by atoms with Crippen molar-refractivity contribution in [1.82, 2.24) is 0 Å². The molecule has 0 unspecified atom stereocenters. The molecule has 0 saturated carbocycles. The fourth-order valence-corrected chi connectivity index (χ4v) is 14.7. The van der Waals surface area contributed by atoms with Crippen molar-refractivity contribution in [3.63, 3.8) is 0 Å². The number of esters is 1. The number of carbonyl (C=O) groups is 2. The largest absolute Gasteiger partial charge is 0.478 e. The Balaban J connectivity index is 0.898. The molecule has 10 aromatic carbocycles. The lowest BCUT2D eigenvalue weighted by Gasteiger charge is -2.52.